The number of Topliss-reactive ketones (excluding diaryl/α,β-unsaturated/α-hetero) is 1. The summed E-state index contributed by atoms with van der Waals surface area (Å²) < 4.78 is 0. The van der Waals surface area contributed by atoms with Gasteiger partial charge in [-0.05, 0) is 13.0 Å². The first-order valence-corrected chi connectivity index (χ1v) is 4.60. The highest BCUT2D eigenvalue weighted by Crippen LogP contribution is 2.29. The zero-order valence-electron chi connectivity index (χ0n) is 8.37. The van der Waals surface area contributed by atoms with Crippen LogP contribution in [0, 0.1) is 12.3 Å². The Kier molecular flexibility index (Phi) is 3.21. The number of halogens is 1. The Morgan fingerprint density at radius 3 is 2.44 bits per heavy atom. The van der Waals surface area contributed by atoms with Gasteiger partial charge in [0.15, 0.2) is 5.78 Å². The Labute approximate surface area is 97.0 Å². The van der Waals surface area contributed by atoms with Gasteiger partial charge >= 0.3 is 5.97 Å². The van der Waals surface area contributed by atoms with Gasteiger partial charge in [-0.3, -0.25) is 4.79 Å². The Balaban J connectivity index is 3.71. The largest absolute Gasteiger partial charge is 0.478 e. The van der Waals surface area contributed by atoms with E-state index in [4.69, 9.17) is 28.9 Å². The second kappa shape index (κ2) is 4.25. The van der Waals surface area contributed by atoms with Gasteiger partial charge < -0.3 is 10.8 Å². The average Bonchev–Trinajstić information content (AvgIpc) is 2.17. The number of rotatable bonds is 2. The summed E-state index contributed by atoms with van der Waals surface area (Å²) in [4.78, 5) is 22.1. The molecule has 1 aromatic carbocycles. The van der Waals surface area contributed by atoms with Crippen molar-refractivity contribution in [2.75, 3.05) is 5.73 Å². The number of carboxylic acid groups (broad SMARTS) is 1. The van der Waals surface area contributed by atoms with Crippen molar-refractivity contribution < 1.29 is 14.7 Å². The summed E-state index contributed by atoms with van der Waals surface area (Å²) >= 11 is 5.77. The molecule has 0 aliphatic carbocycles. The number of aromatic carboxylic acids is 1. The van der Waals surface area contributed by atoms with Crippen LogP contribution in [-0.2, 0) is 0 Å². The predicted molar refractivity (Wildman–Crippen MR) is 60.8 cm³/mol. The molecule has 0 unspecified atom stereocenters. The van der Waals surface area contributed by atoms with Crippen molar-refractivity contribution in [3.8, 4) is 12.3 Å². The quantitative estimate of drug-likeness (QED) is 0.467. The van der Waals surface area contributed by atoms with Gasteiger partial charge in [0, 0.05) is 5.56 Å². The highest BCUT2D eigenvalue weighted by atomic mass is 35.5. The maximum Gasteiger partial charge on any atom is 0.337 e. The lowest BCUT2D eigenvalue weighted by atomic mass is 10.0. The van der Waals surface area contributed by atoms with Crippen molar-refractivity contribution in [1.29, 1.82) is 0 Å². The second-order valence-corrected chi connectivity index (χ2v) is 3.46. The van der Waals surface area contributed by atoms with E-state index in [-0.39, 0.29) is 33.2 Å². The third-order valence-corrected chi connectivity index (χ3v) is 2.45. The second-order valence-electron chi connectivity index (χ2n) is 3.08. The molecule has 0 aliphatic rings. The van der Waals surface area contributed by atoms with Crippen molar-refractivity contribution in [1.82, 2.24) is 0 Å². The van der Waals surface area contributed by atoms with Crippen LogP contribution in [0.2, 0.25) is 5.02 Å². The first kappa shape index (κ1) is 12.1. The molecule has 3 N–H and O–H groups in total. The van der Waals surface area contributed by atoms with E-state index in [0.29, 0.717) is 0 Å². The predicted octanol–water partition coefficient (Wildman–Crippen LogP) is 1.80. The van der Waals surface area contributed by atoms with Gasteiger partial charge in [-0.1, -0.05) is 17.5 Å². The Bertz CT molecular complexity index is 491. The monoisotopic (exact) mass is 237 g/mol. The first-order chi connectivity index (χ1) is 7.40. The molecule has 0 aromatic heterocycles. The topological polar surface area (TPSA) is 80.4 Å². The highest BCUT2D eigenvalue weighted by molar-refractivity contribution is 6.35. The molecule has 0 aliphatic heterocycles. The van der Waals surface area contributed by atoms with Crippen molar-refractivity contribution in [3.05, 3.63) is 27.8 Å². The summed E-state index contributed by atoms with van der Waals surface area (Å²) in [5.41, 5.74) is 5.53. The van der Waals surface area contributed by atoms with Gasteiger partial charge in [0.2, 0.25) is 0 Å². The number of carbonyl (C=O) groups excluding carboxylic acids is 1. The number of nitrogens with two attached hydrogens (primary N) is 1. The summed E-state index contributed by atoms with van der Waals surface area (Å²) in [5, 5.41) is 8.75. The van der Waals surface area contributed by atoms with Crippen LogP contribution in [0.5, 0.6) is 0 Å². The summed E-state index contributed by atoms with van der Waals surface area (Å²) in [5.74, 6) is 0.554. The highest BCUT2D eigenvalue weighted by Gasteiger charge is 2.19. The molecule has 16 heavy (non-hydrogen) atoms. The number of carbonyl (C=O) groups is 2. The minimum atomic E-state index is -1.26. The molecular weight excluding hydrogens is 230 g/mol. The average molecular weight is 238 g/mol. The molecule has 0 bridgehead atoms. The molecule has 1 aromatic rings. The fourth-order valence-electron chi connectivity index (χ4n) is 1.26. The van der Waals surface area contributed by atoms with Gasteiger partial charge in [-0.25, -0.2) is 4.79 Å². The maximum atomic E-state index is 11.2. The zero-order chi connectivity index (χ0) is 12.5. The van der Waals surface area contributed by atoms with E-state index >= 15 is 0 Å². The summed E-state index contributed by atoms with van der Waals surface area (Å²) in [6.45, 7) is 1.27. The van der Waals surface area contributed by atoms with Gasteiger partial charge in [0.05, 0.1) is 21.8 Å². The van der Waals surface area contributed by atoms with Gasteiger partial charge in [-0.2, -0.15) is 0 Å². The van der Waals surface area contributed by atoms with Crippen LogP contribution in [0.15, 0.2) is 6.07 Å². The number of anilines is 1. The molecule has 1 rings (SSSR count). The molecular formula is C11H8ClNO3. The van der Waals surface area contributed by atoms with E-state index in [1.807, 2.05) is 0 Å². The first-order valence-electron chi connectivity index (χ1n) is 4.23. The van der Waals surface area contributed by atoms with Crippen molar-refractivity contribution in [2.24, 2.45) is 0 Å². The molecule has 0 radical (unpaired) electrons. The molecule has 4 nitrogen and oxygen atoms in total. The minimum absolute atomic E-state index is 0.0324. The Hall–Kier alpha value is -1.99. The third-order valence-electron chi connectivity index (χ3n) is 2.06. The molecule has 0 saturated carbocycles. The lowest BCUT2D eigenvalue weighted by Crippen LogP contribution is -2.08. The smallest absolute Gasteiger partial charge is 0.337 e. The van der Waals surface area contributed by atoms with Crippen LogP contribution in [0.3, 0.4) is 0 Å². The minimum Gasteiger partial charge on any atom is -0.478 e. The maximum absolute atomic E-state index is 11.2. The number of benzene rings is 1. The summed E-state index contributed by atoms with van der Waals surface area (Å²) in [6, 6.07) is 1.13. The fraction of sp³-hybridized carbons (Fsp3) is 0.0909. The van der Waals surface area contributed by atoms with E-state index < -0.39 is 5.97 Å². The SMILES string of the molecule is C#Cc1c(N)c(C(C)=O)cc(C(=O)O)c1Cl. The molecule has 0 atom stereocenters. The third kappa shape index (κ3) is 1.86. The number of hydrogen-bond donors (Lipinski definition) is 2. The molecule has 0 heterocycles. The normalized spacial score (nSPS) is 9.56. The van der Waals surface area contributed by atoms with Crippen molar-refractivity contribution in [2.45, 2.75) is 6.92 Å². The van der Waals surface area contributed by atoms with Gasteiger partial charge in [0.25, 0.3) is 0 Å². The van der Waals surface area contributed by atoms with E-state index in [9.17, 15) is 9.59 Å². The van der Waals surface area contributed by atoms with Gasteiger partial charge in [-0.15, -0.1) is 6.42 Å². The van der Waals surface area contributed by atoms with Crippen LogP contribution >= 0.6 is 11.6 Å². The number of nitrogen functional groups attached to an aromatic ring is 1. The molecule has 5 heteroatoms. The van der Waals surface area contributed by atoms with E-state index in [2.05, 4.69) is 5.92 Å². The van der Waals surface area contributed by atoms with Gasteiger partial charge in [0.1, 0.15) is 0 Å². The van der Waals surface area contributed by atoms with Crippen LogP contribution in [0.1, 0.15) is 33.2 Å². The van der Waals surface area contributed by atoms with Crippen LogP contribution in [0.25, 0.3) is 0 Å². The standard InChI is InChI=1S/C11H8ClNO3/c1-3-6-9(12)8(11(15)16)4-7(5(2)14)10(6)13/h1,4H,13H2,2H3,(H,15,16). The number of carboxylic acids is 1. The molecule has 0 amide bonds. The molecule has 0 saturated heterocycles. The number of terminal acetylenes is 1. The van der Waals surface area contributed by atoms with Crippen LogP contribution < -0.4 is 5.73 Å². The lowest BCUT2D eigenvalue weighted by molar-refractivity contribution is 0.0697. The van der Waals surface area contributed by atoms with Crippen molar-refractivity contribution in [3.63, 3.8) is 0 Å². The van der Waals surface area contributed by atoms with Crippen LogP contribution in [-0.4, -0.2) is 16.9 Å². The Morgan fingerprint density at radius 2 is 2.06 bits per heavy atom. The van der Waals surface area contributed by atoms with E-state index in [0.717, 1.165) is 6.07 Å². The Morgan fingerprint density at radius 1 is 1.50 bits per heavy atom. The van der Waals surface area contributed by atoms with Crippen molar-refractivity contribution >= 4 is 29.0 Å². The zero-order valence-corrected chi connectivity index (χ0v) is 9.13. The number of ketones is 1. The molecule has 0 spiro atoms. The summed E-state index contributed by atoms with van der Waals surface area (Å²) in [6.07, 6.45) is 5.17. The van der Waals surface area contributed by atoms with E-state index in [1.165, 1.54) is 6.92 Å². The van der Waals surface area contributed by atoms with E-state index in [1.54, 1.807) is 0 Å². The lowest BCUT2D eigenvalue weighted by Gasteiger charge is -2.09. The molecule has 0 fully saturated rings. The fourth-order valence-corrected chi connectivity index (χ4v) is 1.55. The van der Waals surface area contributed by atoms with Crippen LogP contribution in [0.4, 0.5) is 5.69 Å². The number of hydrogen-bond acceptors (Lipinski definition) is 3. The summed E-state index contributed by atoms with van der Waals surface area (Å²) in [7, 11) is 0. The molecule has 82 valence electrons.